The molecule has 2 aliphatic rings. The van der Waals surface area contributed by atoms with E-state index in [1.807, 2.05) is 6.92 Å². The lowest BCUT2D eigenvalue weighted by Gasteiger charge is -2.33. The Morgan fingerprint density at radius 3 is 2.94 bits per heavy atom. The number of esters is 1. The quantitative estimate of drug-likeness (QED) is 0.673. The Morgan fingerprint density at radius 1 is 1.62 bits per heavy atom. The third-order valence-corrected chi connectivity index (χ3v) is 3.01. The average molecular weight is 223 g/mol. The van der Waals surface area contributed by atoms with Gasteiger partial charge in [-0.1, -0.05) is 13.0 Å². The Morgan fingerprint density at radius 2 is 2.31 bits per heavy atom. The van der Waals surface area contributed by atoms with E-state index in [4.69, 9.17) is 9.84 Å². The number of cyclic esters (lactones) is 1. The van der Waals surface area contributed by atoms with Crippen molar-refractivity contribution in [3.63, 3.8) is 0 Å². The van der Waals surface area contributed by atoms with E-state index in [9.17, 15) is 9.59 Å². The van der Waals surface area contributed by atoms with Crippen LogP contribution in [-0.2, 0) is 14.3 Å². The predicted octanol–water partition coefficient (Wildman–Crippen LogP) is 0.997. The van der Waals surface area contributed by atoms with Crippen LogP contribution in [0.1, 0.15) is 20.3 Å². The number of hydrogen-bond acceptors (Lipinski definition) is 4. The van der Waals surface area contributed by atoms with Crippen LogP contribution in [0.2, 0.25) is 0 Å². The summed E-state index contributed by atoms with van der Waals surface area (Å²) in [5.41, 5.74) is 0.278. The van der Waals surface area contributed by atoms with Gasteiger partial charge in [-0.25, -0.2) is 4.79 Å². The highest BCUT2D eigenvalue weighted by Gasteiger charge is 2.41. The standard InChI is InChI=1S/C11H13NO4/c1-5-3-7(10(13)14)4-8-9(5)12-6(2)16-11(8)15/h3,5,8-9H,4H2,1-2H3,(H,13,14)/t5-,8+,9+/m1/s1. The van der Waals surface area contributed by atoms with Gasteiger partial charge in [-0.2, -0.15) is 0 Å². The van der Waals surface area contributed by atoms with E-state index in [1.165, 1.54) is 0 Å². The molecular weight excluding hydrogens is 210 g/mol. The molecule has 0 saturated heterocycles. The minimum Gasteiger partial charge on any atom is -0.478 e. The van der Waals surface area contributed by atoms with Crippen molar-refractivity contribution < 1.29 is 19.4 Å². The molecule has 1 aliphatic carbocycles. The normalized spacial score (nSPS) is 33.4. The van der Waals surface area contributed by atoms with Crippen LogP contribution in [0.3, 0.4) is 0 Å². The molecule has 0 aromatic heterocycles. The molecule has 0 aromatic carbocycles. The van der Waals surface area contributed by atoms with E-state index < -0.39 is 11.9 Å². The van der Waals surface area contributed by atoms with Crippen LogP contribution >= 0.6 is 0 Å². The second kappa shape index (κ2) is 3.73. The van der Waals surface area contributed by atoms with E-state index in [1.54, 1.807) is 13.0 Å². The van der Waals surface area contributed by atoms with Gasteiger partial charge in [-0.15, -0.1) is 0 Å². The maximum atomic E-state index is 11.6. The summed E-state index contributed by atoms with van der Waals surface area (Å²) in [6.07, 6.45) is 1.89. The maximum Gasteiger partial charge on any atom is 0.331 e. The van der Waals surface area contributed by atoms with Crippen molar-refractivity contribution >= 4 is 17.8 Å². The number of carboxylic acids is 1. The van der Waals surface area contributed by atoms with Crippen LogP contribution in [0.4, 0.5) is 0 Å². The molecule has 2 rings (SSSR count). The van der Waals surface area contributed by atoms with Gasteiger partial charge in [-0.05, 0) is 12.3 Å². The lowest BCUT2D eigenvalue weighted by atomic mass is 9.78. The second-order valence-electron chi connectivity index (χ2n) is 4.23. The van der Waals surface area contributed by atoms with Gasteiger partial charge >= 0.3 is 11.9 Å². The summed E-state index contributed by atoms with van der Waals surface area (Å²) in [6, 6.07) is -0.177. The molecule has 1 aliphatic heterocycles. The summed E-state index contributed by atoms with van der Waals surface area (Å²) in [6.45, 7) is 3.51. The minimum absolute atomic E-state index is 0.0485. The molecule has 1 heterocycles. The van der Waals surface area contributed by atoms with Crippen LogP contribution < -0.4 is 0 Å². The van der Waals surface area contributed by atoms with Crippen molar-refractivity contribution in [2.45, 2.75) is 26.3 Å². The minimum atomic E-state index is -0.968. The molecule has 0 spiro atoms. The number of nitrogens with zero attached hydrogens (tertiary/aromatic N) is 1. The highest BCUT2D eigenvalue weighted by Crippen LogP contribution is 2.34. The summed E-state index contributed by atoms with van der Waals surface area (Å²) in [7, 11) is 0. The zero-order valence-corrected chi connectivity index (χ0v) is 9.14. The fraction of sp³-hybridized carbons (Fsp3) is 0.545. The molecule has 3 atom stereocenters. The molecular formula is C11H13NO4. The van der Waals surface area contributed by atoms with Crippen molar-refractivity contribution in [2.75, 3.05) is 0 Å². The highest BCUT2D eigenvalue weighted by atomic mass is 16.5. The van der Waals surface area contributed by atoms with Crippen molar-refractivity contribution in [2.24, 2.45) is 16.8 Å². The number of aliphatic imine (C=N–C) groups is 1. The number of fused-ring (bicyclic) bond motifs is 1. The Balaban J connectivity index is 2.34. The fourth-order valence-electron chi connectivity index (χ4n) is 2.25. The van der Waals surface area contributed by atoms with Crippen LogP contribution in [-0.4, -0.2) is 29.0 Å². The first kappa shape index (κ1) is 10.9. The topological polar surface area (TPSA) is 76.0 Å². The molecule has 0 amide bonds. The number of aliphatic carboxylic acids is 1. The van der Waals surface area contributed by atoms with Gasteiger partial charge < -0.3 is 9.84 Å². The number of carbonyl (C=O) groups excluding carboxylic acids is 1. The summed E-state index contributed by atoms with van der Waals surface area (Å²) < 4.78 is 4.92. The van der Waals surface area contributed by atoms with Crippen LogP contribution in [0.15, 0.2) is 16.6 Å². The summed E-state index contributed by atoms with van der Waals surface area (Å²) in [5.74, 6) is -1.46. The smallest absolute Gasteiger partial charge is 0.331 e. The number of ether oxygens (including phenoxy) is 1. The lowest BCUT2D eigenvalue weighted by Crippen LogP contribution is -2.41. The number of carboxylic acid groups (broad SMARTS) is 1. The van der Waals surface area contributed by atoms with E-state index in [0.717, 1.165) is 0 Å². The van der Waals surface area contributed by atoms with Gasteiger partial charge in [0.1, 0.15) is 0 Å². The average Bonchev–Trinajstić information content (AvgIpc) is 2.19. The van der Waals surface area contributed by atoms with Crippen LogP contribution in [0.5, 0.6) is 0 Å². The Labute approximate surface area is 92.8 Å². The van der Waals surface area contributed by atoms with Crippen molar-refractivity contribution in [3.05, 3.63) is 11.6 Å². The van der Waals surface area contributed by atoms with Crippen molar-refractivity contribution in [3.8, 4) is 0 Å². The predicted molar refractivity (Wildman–Crippen MR) is 56.0 cm³/mol. The molecule has 0 radical (unpaired) electrons. The van der Waals surface area contributed by atoms with Crippen molar-refractivity contribution in [1.29, 1.82) is 0 Å². The van der Waals surface area contributed by atoms with Gasteiger partial charge in [-0.3, -0.25) is 9.79 Å². The lowest BCUT2D eigenvalue weighted by molar-refractivity contribution is -0.143. The first-order valence-electron chi connectivity index (χ1n) is 5.19. The molecule has 86 valence electrons. The number of hydrogen-bond donors (Lipinski definition) is 1. The first-order valence-corrected chi connectivity index (χ1v) is 5.19. The third-order valence-electron chi connectivity index (χ3n) is 3.01. The van der Waals surface area contributed by atoms with Gasteiger partial charge in [0, 0.05) is 12.5 Å². The summed E-state index contributed by atoms with van der Waals surface area (Å²) >= 11 is 0. The first-order chi connectivity index (χ1) is 7.49. The van der Waals surface area contributed by atoms with E-state index >= 15 is 0 Å². The Kier molecular flexibility index (Phi) is 2.53. The molecule has 0 aromatic rings. The fourth-order valence-corrected chi connectivity index (χ4v) is 2.25. The van der Waals surface area contributed by atoms with E-state index in [-0.39, 0.29) is 29.9 Å². The molecule has 5 heteroatoms. The summed E-state index contributed by atoms with van der Waals surface area (Å²) in [5, 5.41) is 8.93. The van der Waals surface area contributed by atoms with E-state index in [0.29, 0.717) is 5.90 Å². The number of carbonyl (C=O) groups is 2. The highest BCUT2D eigenvalue weighted by molar-refractivity contribution is 5.94. The largest absolute Gasteiger partial charge is 0.478 e. The summed E-state index contributed by atoms with van der Waals surface area (Å²) in [4.78, 5) is 26.8. The molecule has 1 N–H and O–H groups in total. The number of rotatable bonds is 1. The van der Waals surface area contributed by atoms with Crippen molar-refractivity contribution in [1.82, 2.24) is 0 Å². The van der Waals surface area contributed by atoms with Gasteiger partial charge in [0.2, 0.25) is 0 Å². The SMILES string of the molecule is CC1=N[C@H]2[C@H](C)C=C(C(=O)O)C[C@@H]2C(=O)O1. The Bertz CT molecular complexity index is 410. The van der Waals surface area contributed by atoms with Crippen LogP contribution in [0, 0.1) is 11.8 Å². The van der Waals surface area contributed by atoms with Gasteiger partial charge in [0.05, 0.1) is 12.0 Å². The molecule has 5 nitrogen and oxygen atoms in total. The molecule has 0 unspecified atom stereocenters. The zero-order valence-electron chi connectivity index (χ0n) is 9.14. The zero-order chi connectivity index (χ0) is 11.9. The molecule has 16 heavy (non-hydrogen) atoms. The van der Waals surface area contributed by atoms with E-state index in [2.05, 4.69) is 4.99 Å². The monoisotopic (exact) mass is 223 g/mol. The molecule has 0 bridgehead atoms. The Hall–Kier alpha value is -1.65. The maximum absolute atomic E-state index is 11.6. The van der Waals surface area contributed by atoms with Gasteiger partial charge in [0.15, 0.2) is 5.90 Å². The molecule has 0 saturated carbocycles. The molecule has 0 fully saturated rings. The van der Waals surface area contributed by atoms with Gasteiger partial charge in [0.25, 0.3) is 0 Å². The third kappa shape index (κ3) is 1.73. The van der Waals surface area contributed by atoms with Crippen LogP contribution in [0.25, 0.3) is 0 Å². The second-order valence-corrected chi connectivity index (χ2v) is 4.23.